The lowest BCUT2D eigenvalue weighted by Gasteiger charge is -2.14. The zero-order valence-electron chi connectivity index (χ0n) is 35.4. The van der Waals surface area contributed by atoms with Gasteiger partial charge in [-0.15, -0.1) is 0 Å². The summed E-state index contributed by atoms with van der Waals surface area (Å²) in [6.07, 6.45) is -4.84. The van der Waals surface area contributed by atoms with Gasteiger partial charge in [0.05, 0.1) is 65.7 Å². The molecule has 1 heterocycles. The van der Waals surface area contributed by atoms with Gasteiger partial charge in [0.25, 0.3) is 10.0 Å². The first-order valence-corrected chi connectivity index (χ1v) is 24.1. The SMILES string of the molecule is CCOc1cc(Oc2ccc(C(F)(F)F)cc2Cl)ccc1[N+](=O)[O-].COc1nc(C)nc(NC(=O)NS(=O)(=O)c2ccccc2CCC(F)(F)F)n1.C[S+](C)C.O=C(O)CNCP(=O)([O-])O. The molecule has 0 saturated heterocycles. The Morgan fingerprint density at radius 2 is 1.61 bits per heavy atom. The minimum atomic E-state index is -4.52. The zero-order valence-corrected chi connectivity index (χ0v) is 38.7. The number of hydrogen-bond donors (Lipinski definition) is 5. The molecule has 0 aliphatic carbocycles. The lowest BCUT2D eigenvalue weighted by atomic mass is 10.1. The highest BCUT2D eigenvalue weighted by Gasteiger charge is 2.31. The third-order valence-electron chi connectivity index (χ3n) is 6.80. The van der Waals surface area contributed by atoms with Gasteiger partial charge in [0.2, 0.25) is 11.7 Å². The fourth-order valence-electron chi connectivity index (χ4n) is 4.33. The van der Waals surface area contributed by atoms with Crippen LogP contribution < -0.4 is 34.5 Å². The summed E-state index contributed by atoms with van der Waals surface area (Å²) in [5.41, 5.74) is -1.22. The molecule has 3 aromatic carbocycles. The van der Waals surface area contributed by atoms with Crippen LogP contribution in [0.15, 0.2) is 65.6 Å². The van der Waals surface area contributed by atoms with Gasteiger partial charge in [0, 0.05) is 18.6 Å². The number of hydrogen-bond acceptors (Lipinski definition) is 15. The van der Waals surface area contributed by atoms with E-state index < -0.39 is 83.0 Å². The number of benzene rings is 3. The fourth-order valence-corrected chi connectivity index (χ4v) is 6.12. The maximum absolute atomic E-state index is 12.6. The van der Waals surface area contributed by atoms with Crippen LogP contribution in [0.2, 0.25) is 5.02 Å². The smallest absolute Gasteiger partial charge is 0.416 e. The number of aromatic nitrogens is 3. The van der Waals surface area contributed by atoms with Crippen LogP contribution in [0.4, 0.5) is 42.8 Å². The Balaban J connectivity index is 0.000000517. The maximum Gasteiger partial charge on any atom is 0.416 e. The molecule has 0 saturated carbocycles. The first-order chi connectivity index (χ1) is 30.4. The van der Waals surface area contributed by atoms with E-state index in [1.807, 2.05) is 5.32 Å². The van der Waals surface area contributed by atoms with Crippen LogP contribution >= 0.6 is 19.2 Å². The van der Waals surface area contributed by atoms with Gasteiger partial charge in [0.15, 0.2) is 0 Å². The van der Waals surface area contributed by atoms with Crippen LogP contribution in [-0.4, -0.2) is 102 Å². The van der Waals surface area contributed by atoms with Gasteiger partial charge < -0.3 is 33.7 Å². The number of carboxylic acid groups (broad SMARTS) is 1. The number of nitro groups is 1. The van der Waals surface area contributed by atoms with Gasteiger partial charge >= 0.3 is 36.1 Å². The Morgan fingerprint density at radius 1 is 0.985 bits per heavy atom. The number of alkyl halides is 6. The normalized spacial score (nSPS) is 12.1. The molecule has 0 bridgehead atoms. The quantitative estimate of drug-likeness (QED) is 0.0286. The number of carbonyl (C=O) groups is 2. The number of amides is 2. The molecular formula is C36H43ClF6N7O13PS2. The summed E-state index contributed by atoms with van der Waals surface area (Å²) in [6, 6.07) is 10.2. The highest BCUT2D eigenvalue weighted by Crippen LogP contribution is 2.38. The van der Waals surface area contributed by atoms with Crippen molar-refractivity contribution in [2.45, 2.75) is 43.9 Å². The van der Waals surface area contributed by atoms with Gasteiger partial charge in [-0.05, 0) is 67.1 Å². The van der Waals surface area contributed by atoms with E-state index in [0.717, 1.165) is 24.3 Å². The van der Waals surface area contributed by atoms with Crippen molar-refractivity contribution in [3.05, 3.63) is 92.8 Å². The molecule has 2 amide bonds. The molecule has 1 aromatic heterocycles. The number of aryl methyl sites for hydroxylation is 2. The van der Waals surface area contributed by atoms with Gasteiger partial charge in [0.1, 0.15) is 24.9 Å². The molecule has 20 nitrogen and oxygen atoms in total. The lowest BCUT2D eigenvalue weighted by molar-refractivity contribution is -0.385. The van der Waals surface area contributed by atoms with Crippen molar-refractivity contribution in [1.29, 1.82) is 0 Å². The number of carbonyl (C=O) groups excluding carboxylic acids is 1. The van der Waals surface area contributed by atoms with E-state index in [-0.39, 0.29) is 57.9 Å². The van der Waals surface area contributed by atoms with Crippen molar-refractivity contribution in [2.75, 3.05) is 50.6 Å². The number of halogens is 7. The molecule has 0 aliphatic rings. The van der Waals surface area contributed by atoms with E-state index in [2.05, 4.69) is 39.0 Å². The van der Waals surface area contributed by atoms with E-state index in [1.165, 1.54) is 50.4 Å². The molecule has 0 radical (unpaired) electrons. The number of urea groups is 1. The Hall–Kier alpha value is -5.51. The molecular weight excluding hydrogens is 983 g/mol. The molecule has 0 fully saturated rings. The number of carboxylic acids is 1. The Labute approximate surface area is 381 Å². The van der Waals surface area contributed by atoms with Crippen LogP contribution in [0.5, 0.6) is 23.3 Å². The molecule has 4 aromatic rings. The monoisotopic (exact) mass is 1030 g/mol. The van der Waals surface area contributed by atoms with Crippen molar-refractivity contribution in [3.63, 3.8) is 0 Å². The molecule has 0 aliphatic heterocycles. The molecule has 1 atom stereocenters. The summed E-state index contributed by atoms with van der Waals surface area (Å²) in [5.74, 6) is -1.10. The van der Waals surface area contributed by atoms with Crippen LogP contribution in [0.25, 0.3) is 0 Å². The predicted octanol–water partition coefficient (Wildman–Crippen LogP) is 6.31. The Bertz CT molecular complexity index is 2410. The van der Waals surface area contributed by atoms with Crippen molar-refractivity contribution in [3.8, 4) is 23.3 Å². The molecule has 30 heteroatoms. The van der Waals surface area contributed by atoms with Crippen LogP contribution in [0.3, 0.4) is 0 Å². The van der Waals surface area contributed by atoms with Crippen LogP contribution in [0, 0.1) is 17.0 Å². The average molecular weight is 1030 g/mol. The Kier molecular flexibility index (Phi) is 23.6. The fraction of sp³-hybridized carbons (Fsp3) is 0.361. The third kappa shape index (κ3) is 23.6. The number of nitrogens with zero attached hydrogens (tertiary/aromatic N) is 4. The molecule has 366 valence electrons. The number of anilines is 1. The number of rotatable bonds is 15. The zero-order chi connectivity index (χ0) is 50.6. The molecule has 5 N–H and O–H groups in total. The number of aliphatic carboxylic acids is 1. The second-order valence-corrected chi connectivity index (χ2v) is 19.0. The number of nitrogens with one attached hydrogen (secondary N) is 3. The number of nitro benzene ring substituents is 1. The van der Waals surface area contributed by atoms with Crippen LogP contribution in [0.1, 0.15) is 30.3 Å². The first kappa shape index (κ1) is 58.5. The van der Waals surface area contributed by atoms with Gasteiger partial charge in [-0.25, -0.2) is 17.9 Å². The van der Waals surface area contributed by atoms with Gasteiger partial charge in [-0.1, -0.05) is 29.8 Å². The lowest BCUT2D eigenvalue weighted by Crippen LogP contribution is -2.35. The van der Waals surface area contributed by atoms with Crippen LogP contribution in [-0.2, 0) is 42.9 Å². The standard InChI is InChI=1S/C15H11ClF3NO4.C15H16F3N5O4S.C3H8NO5P.C3H9S/c1-2-23-14-8-10(4-5-12(14)20(21)22)24-13-6-3-9(7-11(13)16)15(17,18)19;1-9-19-12(22-14(20-9)27-2)21-13(24)23-28(25,26)11-6-4-3-5-10(11)7-8-15(16,17)18;5-3(6)1-4-2-10(7,8)9;1-4(2)3/h3-8H,2H2,1H3;3-6H,7-8H2,1-2H3,(H2,19,20,21,22,23,24);4H,1-2H2,(H,5,6)(H2,7,8,9);1-3H3/q;;;+1/p-1. The highest BCUT2D eigenvalue weighted by molar-refractivity contribution is 7.94. The summed E-state index contributed by atoms with van der Waals surface area (Å²) in [4.78, 5) is 61.0. The second-order valence-electron chi connectivity index (χ2n) is 12.9. The topological polar surface area (TPSA) is 294 Å². The Morgan fingerprint density at radius 3 is 2.12 bits per heavy atom. The van der Waals surface area contributed by atoms with Crippen molar-refractivity contribution >= 4 is 63.8 Å². The summed E-state index contributed by atoms with van der Waals surface area (Å²) < 4.78 is 127. The average Bonchev–Trinajstić information content (AvgIpc) is 3.16. The summed E-state index contributed by atoms with van der Waals surface area (Å²) in [7, 11) is -6.85. The predicted molar refractivity (Wildman–Crippen MR) is 228 cm³/mol. The maximum atomic E-state index is 12.6. The second kappa shape index (κ2) is 26.6. The summed E-state index contributed by atoms with van der Waals surface area (Å²) in [5, 5.41) is 22.8. The molecule has 1 unspecified atom stereocenters. The summed E-state index contributed by atoms with van der Waals surface area (Å²) >= 11 is 5.80. The van der Waals surface area contributed by atoms with E-state index in [9.17, 15) is 63.9 Å². The van der Waals surface area contributed by atoms with E-state index >= 15 is 0 Å². The third-order valence-corrected chi connectivity index (χ3v) is 9.15. The van der Waals surface area contributed by atoms with Gasteiger partial charge in [-0.3, -0.25) is 25.5 Å². The number of ether oxygens (including phenoxy) is 3. The molecule has 4 rings (SSSR count). The number of methoxy groups -OCH3 is 1. The highest BCUT2D eigenvalue weighted by atomic mass is 35.5. The van der Waals surface area contributed by atoms with E-state index in [0.29, 0.717) is 10.9 Å². The minimum Gasteiger partial charge on any atom is -0.778 e. The molecule has 66 heavy (non-hydrogen) atoms. The van der Waals surface area contributed by atoms with Gasteiger partial charge in [-0.2, -0.15) is 41.3 Å². The first-order valence-electron chi connectivity index (χ1n) is 18.0. The van der Waals surface area contributed by atoms with E-state index in [4.69, 9.17) is 35.8 Å². The van der Waals surface area contributed by atoms with Crippen molar-refractivity contribution in [2.24, 2.45) is 0 Å². The largest absolute Gasteiger partial charge is 0.778 e. The minimum absolute atomic E-state index is 0.0111. The van der Waals surface area contributed by atoms with E-state index in [1.54, 1.807) is 11.6 Å². The number of sulfonamides is 1. The molecule has 0 spiro atoms. The summed E-state index contributed by atoms with van der Waals surface area (Å²) in [6.45, 7) is 2.88. The van der Waals surface area contributed by atoms with Crippen molar-refractivity contribution < 1.29 is 82.9 Å². The van der Waals surface area contributed by atoms with Crippen molar-refractivity contribution in [1.82, 2.24) is 25.0 Å².